The topological polar surface area (TPSA) is 73.3 Å². The van der Waals surface area contributed by atoms with Crippen molar-refractivity contribution in [1.29, 1.82) is 5.26 Å². The Balaban J connectivity index is 2.89. The van der Waals surface area contributed by atoms with E-state index in [2.05, 4.69) is 11.0 Å². The molecule has 16 heavy (non-hydrogen) atoms. The summed E-state index contributed by atoms with van der Waals surface area (Å²) in [4.78, 5) is 2.09. The minimum absolute atomic E-state index is 0.173. The number of nitrogens with zero attached hydrogens (tertiary/aromatic N) is 2. The van der Waals surface area contributed by atoms with Gasteiger partial charge in [-0.3, -0.25) is 0 Å². The maximum absolute atomic E-state index is 8.81. The van der Waals surface area contributed by atoms with Crippen molar-refractivity contribution in [3.63, 3.8) is 0 Å². The Labute approximate surface area is 95.9 Å². The largest absolute Gasteiger partial charge is 0.397 e. The predicted octanol–water partition coefficient (Wildman–Crippen LogP) is 1.35. The summed E-state index contributed by atoms with van der Waals surface area (Å²) in [6, 6.07) is 7.35. The molecule has 0 aliphatic carbocycles. The SMILES string of the molecule is CCN(CCCO)c1ccc(C#N)cc1N. The highest BCUT2D eigenvalue weighted by atomic mass is 16.3. The van der Waals surface area contributed by atoms with Gasteiger partial charge < -0.3 is 15.7 Å². The Bertz CT molecular complexity index is 384. The summed E-state index contributed by atoms with van der Waals surface area (Å²) in [7, 11) is 0. The van der Waals surface area contributed by atoms with Crippen LogP contribution in [0.3, 0.4) is 0 Å². The number of rotatable bonds is 5. The zero-order valence-electron chi connectivity index (χ0n) is 9.48. The van der Waals surface area contributed by atoms with Gasteiger partial charge in [0.1, 0.15) is 0 Å². The maximum atomic E-state index is 8.81. The molecule has 0 amide bonds. The van der Waals surface area contributed by atoms with E-state index in [0.717, 1.165) is 18.8 Å². The molecule has 0 radical (unpaired) electrons. The summed E-state index contributed by atoms with van der Waals surface area (Å²) in [6.45, 7) is 3.81. The number of hydrogen-bond donors (Lipinski definition) is 2. The third-order valence-corrected chi connectivity index (χ3v) is 2.47. The number of nitrogen functional groups attached to an aromatic ring is 1. The lowest BCUT2D eigenvalue weighted by atomic mass is 10.1. The van der Waals surface area contributed by atoms with Gasteiger partial charge in [0.05, 0.1) is 23.0 Å². The van der Waals surface area contributed by atoms with Gasteiger partial charge in [-0.1, -0.05) is 0 Å². The Kier molecular flexibility index (Phi) is 4.62. The van der Waals surface area contributed by atoms with Crippen molar-refractivity contribution < 1.29 is 5.11 Å². The van der Waals surface area contributed by atoms with Crippen LogP contribution < -0.4 is 10.6 Å². The fourth-order valence-corrected chi connectivity index (χ4v) is 1.62. The molecule has 0 spiro atoms. The van der Waals surface area contributed by atoms with Crippen molar-refractivity contribution in [1.82, 2.24) is 0 Å². The Morgan fingerprint density at radius 3 is 2.75 bits per heavy atom. The molecule has 0 atom stereocenters. The van der Waals surface area contributed by atoms with Crippen LogP contribution in [0.5, 0.6) is 0 Å². The number of nitrogens with two attached hydrogens (primary N) is 1. The van der Waals surface area contributed by atoms with Gasteiger partial charge in [-0.05, 0) is 31.5 Å². The zero-order valence-corrected chi connectivity index (χ0v) is 9.48. The van der Waals surface area contributed by atoms with Crippen LogP contribution in [-0.4, -0.2) is 24.8 Å². The Hall–Kier alpha value is -1.73. The number of aliphatic hydroxyl groups is 1. The van der Waals surface area contributed by atoms with Crippen molar-refractivity contribution in [2.45, 2.75) is 13.3 Å². The average Bonchev–Trinajstić information content (AvgIpc) is 2.31. The zero-order chi connectivity index (χ0) is 12.0. The number of anilines is 2. The highest BCUT2D eigenvalue weighted by Gasteiger charge is 2.08. The quantitative estimate of drug-likeness (QED) is 0.733. The lowest BCUT2D eigenvalue weighted by molar-refractivity contribution is 0.289. The molecular formula is C12H17N3O. The number of benzene rings is 1. The highest BCUT2D eigenvalue weighted by molar-refractivity contribution is 5.69. The highest BCUT2D eigenvalue weighted by Crippen LogP contribution is 2.24. The molecule has 0 saturated carbocycles. The van der Waals surface area contributed by atoms with E-state index in [1.165, 1.54) is 0 Å². The van der Waals surface area contributed by atoms with Crippen LogP contribution in [0, 0.1) is 11.3 Å². The maximum Gasteiger partial charge on any atom is 0.0992 e. The Morgan fingerprint density at radius 1 is 1.50 bits per heavy atom. The van der Waals surface area contributed by atoms with E-state index in [9.17, 15) is 0 Å². The molecule has 0 heterocycles. The standard InChI is InChI=1S/C12H17N3O/c1-2-15(6-3-7-16)12-5-4-10(9-13)8-11(12)14/h4-5,8,16H,2-3,6-7,14H2,1H3. The van der Waals surface area contributed by atoms with E-state index < -0.39 is 0 Å². The van der Waals surface area contributed by atoms with Crippen LogP contribution >= 0.6 is 0 Å². The Morgan fingerprint density at radius 2 is 2.25 bits per heavy atom. The first-order chi connectivity index (χ1) is 7.72. The van der Waals surface area contributed by atoms with E-state index in [4.69, 9.17) is 16.1 Å². The van der Waals surface area contributed by atoms with Gasteiger partial charge in [0, 0.05) is 19.7 Å². The summed E-state index contributed by atoms with van der Waals surface area (Å²) in [5.74, 6) is 0. The van der Waals surface area contributed by atoms with Crippen molar-refractivity contribution in [3.05, 3.63) is 23.8 Å². The van der Waals surface area contributed by atoms with E-state index in [0.29, 0.717) is 17.7 Å². The van der Waals surface area contributed by atoms with Crippen LogP contribution in [0.1, 0.15) is 18.9 Å². The van der Waals surface area contributed by atoms with Gasteiger partial charge in [-0.15, -0.1) is 0 Å². The number of nitriles is 1. The van der Waals surface area contributed by atoms with Crippen LogP contribution in [0.25, 0.3) is 0 Å². The smallest absolute Gasteiger partial charge is 0.0992 e. The minimum atomic E-state index is 0.173. The molecule has 1 aromatic carbocycles. The molecule has 0 aromatic heterocycles. The molecule has 0 fully saturated rings. The van der Waals surface area contributed by atoms with E-state index in [1.807, 2.05) is 13.0 Å². The lowest BCUT2D eigenvalue weighted by Gasteiger charge is -2.24. The molecule has 0 aliphatic heterocycles. The second-order valence-electron chi connectivity index (χ2n) is 3.54. The van der Waals surface area contributed by atoms with Gasteiger partial charge >= 0.3 is 0 Å². The summed E-state index contributed by atoms with van der Waals surface area (Å²) >= 11 is 0. The molecule has 1 rings (SSSR count). The average molecular weight is 219 g/mol. The first-order valence-electron chi connectivity index (χ1n) is 5.38. The summed E-state index contributed by atoms with van der Waals surface area (Å²) in [5.41, 5.74) is 7.99. The monoisotopic (exact) mass is 219 g/mol. The molecule has 3 N–H and O–H groups in total. The predicted molar refractivity (Wildman–Crippen MR) is 65.2 cm³/mol. The first-order valence-corrected chi connectivity index (χ1v) is 5.38. The molecule has 4 heteroatoms. The van der Waals surface area contributed by atoms with Crippen LogP contribution in [0.15, 0.2) is 18.2 Å². The van der Waals surface area contributed by atoms with E-state index >= 15 is 0 Å². The summed E-state index contributed by atoms with van der Waals surface area (Å²) < 4.78 is 0. The number of aliphatic hydroxyl groups excluding tert-OH is 1. The van der Waals surface area contributed by atoms with Gasteiger partial charge in [0.15, 0.2) is 0 Å². The molecule has 1 aromatic rings. The van der Waals surface area contributed by atoms with Gasteiger partial charge in [-0.25, -0.2) is 0 Å². The second kappa shape index (κ2) is 5.99. The summed E-state index contributed by atoms with van der Waals surface area (Å²) in [6.07, 6.45) is 0.716. The number of hydrogen-bond acceptors (Lipinski definition) is 4. The van der Waals surface area contributed by atoms with Crippen molar-refractivity contribution in [2.75, 3.05) is 30.3 Å². The third kappa shape index (κ3) is 2.88. The van der Waals surface area contributed by atoms with Crippen molar-refractivity contribution in [3.8, 4) is 6.07 Å². The van der Waals surface area contributed by atoms with Crippen LogP contribution in [0.2, 0.25) is 0 Å². The second-order valence-corrected chi connectivity index (χ2v) is 3.54. The lowest BCUT2D eigenvalue weighted by Crippen LogP contribution is -2.25. The molecule has 0 bridgehead atoms. The van der Waals surface area contributed by atoms with Crippen molar-refractivity contribution in [2.24, 2.45) is 0 Å². The van der Waals surface area contributed by atoms with E-state index in [-0.39, 0.29) is 6.61 Å². The fraction of sp³-hybridized carbons (Fsp3) is 0.417. The van der Waals surface area contributed by atoms with E-state index in [1.54, 1.807) is 12.1 Å². The van der Waals surface area contributed by atoms with Crippen molar-refractivity contribution >= 4 is 11.4 Å². The summed E-state index contributed by atoms with van der Waals surface area (Å²) in [5, 5.41) is 17.5. The minimum Gasteiger partial charge on any atom is -0.397 e. The van der Waals surface area contributed by atoms with Gasteiger partial charge in [0.2, 0.25) is 0 Å². The fourth-order valence-electron chi connectivity index (χ4n) is 1.62. The first kappa shape index (κ1) is 12.3. The van der Waals surface area contributed by atoms with Gasteiger partial charge in [0.25, 0.3) is 0 Å². The normalized spacial score (nSPS) is 9.81. The molecular weight excluding hydrogens is 202 g/mol. The van der Waals surface area contributed by atoms with Crippen LogP contribution in [-0.2, 0) is 0 Å². The molecule has 86 valence electrons. The molecule has 4 nitrogen and oxygen atoms in total. The van der Waals surface area contributed by atoms with Crippen LogP contribution in [0.4, 0.5) is 11.4 Å². The van der Waals surface area contributed by atoms with Gasteiger partial charge in [-0.2, -0.15) is 5.26 Å². The molecule has 0 unspecified atom stereocenters. The molecule has 0 saturated heterocycles. The molecule has 0 aliphatic rings. The third-order valence-electron chi connectivity index (χ3n) is 2.47.